The standard InChI is InChI=1S/C15H21NO.C2H6/c1-12(13-8-4-2-5-9-13)15(17)16-14-10-6-3-7-11-14;1-2/h2,4-5,8-9,12,14H,3,6-7,10-11H2,1H3,(H,16,17);1-2H3. The summed E-state index contributed by atoms with van der Waals surface area (Å²) in [6.07, 6.45) is 6.12. The van der Waals surface area contributed by atoms with Crippen molar-refractivity contribution in [2.24, 2.45) is 0 Å². The van der Waals surface area contributed by atoms with Crippen molar-refractivity contribution in [2.45, 2.75) is 64.8 Å². The first kappa shape index (κ1) is 15.7. The summed E-state index contributed by atoms with van der Waals surface area (Å²) in [5, 5.41) is 3.18. The summed E-state index contributed by atoms with van der Waals surface area (Å²) >= 11 is 0. The van der Waals surface area contributed by atoms with Gasteiger partial charge in [0.2, 0.25) is 5.91 Å². The van der Waals surface area contributed by atoms with E-state index >= 15 is 0 Å². The minimum Gasteiger partial charge on any atom is -0.353 e. The van der Waals surface area contributed by atoms with E-state index in [-0.39, 0.29) is 11.8 Å². The van der Waals surface area contributed by atoms with E-state index in [4.69, 9.17) is 0 Å². The van der Waals surface area contributed by atoms with Crippen LogP contribution in [0.2, 0.25) is 0 Å². The third-order valence-electron chi connectivity index (χ3n) is 3.64. The topological polar surface area (TPSA) is 29.1 Å². The Morgan fingerprint density at radius 3 is 2.26 bits per heavy atom. The van der Waals surface area contributed by atoms with Gasteiger partial charge in [0.05, 0.1) is 5.92 Å². The molecule has 0 spiro atoms. The van der Waals surface area contributed by atoms with E-state index in [1.165, 1.54) is 19.3 Å². The molecule has 1 fully saturated rings. The second kappa shape index (κ2) is 8.73. The first-order valence-corrected chi connectivity index (χ1v) is 7.62. The van der Waals surface area contributed by atoms with E-state index in [1.807, 2.05) is 51.1 Å². The number of amides is 1. The second-order valence-corrected chi connectivity index (χ2v) is 4.98. The lowest BCUT2D eigenvalue weighted by Crippen LogP contribution is -2.38. The van der Waals surface area contributed by atoms with Gasteiger partial charge >= 0.3 is 0 Å². The molecule has 0 bridgehead atoms. The number of nitrogens with one attached hydrogen (secondary N) is 1. The molecule has 106 valence electrons. The molecule has 1 saturated carbocycles. The number of rotatable bonds is 3. The molecule has 1 aromatic rings. The Bertz CT molecular complexity index is 355. The third-order valence-corrected chi connectivity index (χ3v) is 3.64. The van der Waals surface area contributed by atoms with Gasteiger partial charge in [-0.3, -0.25) is 4.79 Å². The average Bonchev–Trinajstić information content (AvgIpc) is 2.50. The van der Waals surface area contributed by atoms with Crippen molar-refractivity contribution in [3.05, 3.63) is 35.9 Å². The lowest BCUT2D eigenvalue weighted by atomic mass is 9.94. The molecule has 2 heteroatoms. The Morgan fingerprint density at radius 1 is 1.11 bits per heavy atom. The molecule has 0 saturated heterocycles. The van der Waals surface area contributed by atoms with Crippen molar-refractivity contribution in [1.29, 1.82) is 0 Å². The molecular formula is C17H27NO. The smallest absolute Gasteiger partial charge is 0.227 e. The molecule has 0 heterocycles. The van der Waals surface area contributed by atoms with Gasteiger partial charge in [0, 0.05) is 6.04 Å². The number of hydrogen-bond acceptors (Lipinski definition) is 1. The van der Waals surface area contributed by atoms with Crippen LogP contribution in [0.4, 0.5) is 0 Å². The van der Waals surface area contributed by atoms with Gasteiger partial charge < -0.3 is 5.32 Å². The molecule has 0 aliphatic heterocycles. The predicted octanol–water partition coefficient (Wildman–Crippen LogP) is 4.27. The maximum atomic E-state index is 12.1. The first-order valence-electron chi connectivity index (χ1n) is 7.62. The summed E-state index contributed by atoms with van der Waals surface area (Å²) in [5.74, 6) is 0.126. The lowest BCUT2D eigenvalue weighted by molar-refractivity contribution is -0.123. The van der Waals surface area contributed by atoms with Crippen molar-refractivity contribution in [3.8, 4) is 0 Å². The summed E-state index contributed by atoms with van der Waals surface area (Å²) in [6, 6.07) is 10.4. The van der Waals surface area contributed by atoms with Crippen LogP contribution >= 0.6 is 0 Å². The molecule has 1 N–H and O–H groups in total. The number of carbonyl (C=O) groups is 1. The second-order valence-electron chi connectivity index (χ2n) is 4.98. The van der Waals surface area contributed by atoms with Crippen LogP contribution < -0.4 is 5.32 Å². The van der Waals surface area contributed by atoms with Crippen LogP contribution in [0.15, 0.2) is 30.3 Å². The molecule has 1 atom stereocenters. The summed E-state index contributed by atoms with van der Waals surface area (Å²) < 4.78 is 0. The van der Waals surface area contributed by atoms with Crippen molar-refractivity contribution >= 4 is 5.91 Å². The number of hydrogen-bond donors (Lipinski definition) is 1. The van der Waals surface area contributed by atoms with Gasteiger partial charge in [0.25, 0.3) is 0 Å². The van der Waals surface area contributed by atoms with Gasteiger partial charge in [-0.2, -0.15) is 0 Å². The van der Waals surface area contributed by atoms with Gasteiger partial charge in [0.1, 0.15) is 0 Å². The minimum absolute atomic E-state index is 0.0434. The average molecular weight is 261 g/mol. The zero-order valence-electron chi connectivity index (χ0n) is 12.5. The van der Waals surface area contributed by atoms with Crippen LogP contribution in [-0.2, 0) is 4.79 Å². The maximum absolute atomic E-state index is 12.1. The lowest BCUT2D eigenvalue weighted by Gasteiger charge is -2.24. The van der Waals surface area contributed by atoms with Crippen LogP contribution in [0.1, 0.15) is 64.4 Å². The Hall–Kier alpha value is -1.31. The van der Waals surface area contributed by atoms with Crippen molar-refractivity contribution in [2.75, 3.05) is 0 Å². The van der Waals surface area contributed by atoms with Gasteiger partial charge in [-0.1, -0.05) is 63.4 Å². The Morgan fingerprint density at radius 2 is 1.68 bits per heavy atom. The van der Waals surface area contributed by atoms with Gasteiger partial charge in [-0.15, -0.1) is 0 Å². The largest absolute Gasteiger partial charge is 0.353 e. The summed E-state index contributed by atoms with van der Waals surface area (Å²) in [7, 11) is 0. The molecule has 1 aliphatic carbocycles. The van der Waals surface area contributed by atoms with Gasteiger partial charge in [-0.05, 0) is 25.3 Å². The highest BCUT2D eigenvalue weighted by molar-refractivity contribution is 5.83. The van der Waals surface area contributed by atoms with Gasteiger partial charge in [-0.25, -0.2) is 0 Å². The van der Waals surface area contributed by atoms with Crippen molar-refractivity contribution < 1.29 is 4.79 Å². The molecule has 1 aliphatic rings. The van der Waals surface area contributed by atoms with E-state index in [0.717, 1.165) is 18.4 Å². The predicted molar refractivity (Wildman–Crippen MR) is 81.2 cm³/mol. The summed E-state index contributed by atoms with van der Waals surface area (Å²) in [4.78, 5) is 12.1. The Balaban J connectivity index is 0.000000861. The summed E-state index contributed by atoms with van der Waals surface area (Å²) in [6.45, 7) is 5.98. The number of benzene rings is 1. The zero-order valence-corrected chi connectivity index (χ0v) is 12.5. The first-order chi connectivity index (χ1) is 9.27. The molecule has 0 aromatic heterocycles. The quantitative estimate of drug-likeness (QED) is 0.865. The maximum Gasteiger partial charge on any atom is 0.227 e. The molecule has 19 heavy (non-hydrogen) atoms. The highest BCUT2D eigenvalue weighted by Gasteiger charge is 2.20. The fourth-order valence-corrected chi connectivity index (χ4v) is 2.47. The van der Waals surface area contributed by atoms with E-state index in [2.05, 4.69) is 5.32 Å². The molecule has 1 amide bonds. The fraction of sp³-hybridized carbons (Fsp3) is 0.588. The Kier molecular flexibility index (Phi) is 7.24. The van der Waals surface area contributed by atoms with Crippen LogP contribution in [0.25, 0.3) is 0 Å². The van der Waals surface area contributed by atoms with E-state index in [9.17, 15) is 4.79 Å². The SMILES string of the molecule is CC.CC(C(=O)NC1CCCCC1)c1ccccc1. The third kappa shape index (κ3) is 5.06. The molecule has 2 rings (SSSR count). The highest BCUT2D eigenvalue weighted by atomic mass is 16.1. The highest BCUT2D eigenvalue weighted by Crippen LogP contribution is 2.20. The zero-order chi connectivity index (χ0) is 14.1. The molecule has 1 unspecified atom stereocenters. The van der Waals surface area contributed by atoms with Crippen LogP contribution in [0.5, 0.6) is 0 Å². The molecule has 0 radical (unpaired) electrons. The van der Waals surface area contributed by atoms with Crippen molar-refractivity contribution in [3.63, 3.8) is 0 Å². The van der Waals surface area contributed by atoms with E-state index in [1.54, 1.807) is 0 Å². The van der Waals surface area contributed by atoms with Crippen LogP contribution in [-0.4, -0.2) is 11.9 Å². The van der Waals surface area contributed by atoms with E-state index < -0.39 is 0 Å². The summed E-state index contributed by atoms with van der Waals surface area (Å²) in [5.41, 5.74) is 1.10. The minimum atomic E-state index is -0.0434. The normalized spacial score (nSPS) is 17.0. The molecule has 1 aromatic carbocycles. The Labute approximate surface area is 117 Å². The fourth-order valence-electron chi connectivity index (χ4n) is 2.47. The van der Waals surface area contributed by atoms with Gasteiger partial charge in [0.15, 0.2) is 0 Å². The monoisotopic (exact) mass is 261 g/mol. The van der Waals surface area contributed by atoms with Crippen molar-refractivity contribution in [1.82, 2.24) is 5.32 Å². The van der Waals surface area contributed by atoms with E-state index in [0.29, 0.717) is 6.04 Å². The number of carbonyl (C=O) groups excluding carboxylic acids is 1. The van der Waals surface area contributed by atoms with Crippen LogP contribution in [0, 0.1) is 0 Å². The molecular weight excluding hydrogens is 234 g/mol. The molecule has 2 nitrogen and oxygen atoms in total. The van der Waals surface area contributed by atoms with Crippen LogP contribution in [0.3, 0.4) is 0 Å².